The van der Waals surface area contributed by atoms with Crippen LogP contribution in [0.4, 0.5) is 0 Å². The molecular formula is C86H50N8O2. The van der Waals surface area contributed by atoms with Crippen LogP contribution in [-0.2, 0) is 0 Å². The van der Waals surface area contributed by atoms with Crippen molar-refractivity contribution in [3.8, 4) is 90.8 Å². The number of benzene rings is 14. The second-order valence-electron chi connectivity index (χ2n) is 24.5. The lowest BCUT2D eigenvalue weighted by Gasteiger charge is -2.13. The second kappa shape index (κ2) is 21.2. The van der Waals surface area contributed by atoms with Crippen LogP contribution in [0.5, 0.6) is 0 Å². The molecule has 0 aliphatic carbocycles. The van der Waals surface area contributed by atoms with Gasteiger partial charge in [0.1, 0.15) is 22.3 Å². The predicted octanol–water partition coefficient (Wildman–Crippen LogP) is 22.0. The molecule has 0 amide bonds. The summed E-state index contributed by atoms with van der Waals surface area (Å²) in [5, 5.41) is 12.9. The van der Waals surface area contributed by atoms with Gasteiger partial charge in [0.15, 0.2) is 23.3 Å². The van der Waals surface area contributed by atoms with Gasteiger partial charge in [-0.2, -0.15) is 19.9 Å². The molecule has 0 saturated heterocycles. The van der Waals surface area contributed by atoms with E-state index >= 15 is 0 Å². The van der Waals surface area contributed by atoms with Gasteiger partial charge in [0.2, 0.25) is 11.9 Å². The van der Waals surface area contributed by atoms with Crippen molar-refractivity contribution >= 4 is 109 Å². The fourth-order valence-corrected chi connectivity index (χ4v) is 14.5. The zero-order valence-corrected chi connectivity index (χ0v) is 51.3. The monoisotopic (exact) mass is 1230 g/mol. The molecule has 20 aromatic rings. The molecule has 0 aliphatic heterocycles. The molecule has 6 aromatic heterocycles. The summed E-state index contributed by atoms with van der Waals surface area (Å²) >= 11 is 0. The third-order valence-corrected chi connectivity index (χ3v) is 19.0. The number of nitrogens with zero attached hydrogens (tertiary/aromatic N) is 8. The topological polar surface area (TPSA) is 113 Å². The smallest absolute Gasteiger partial charge is 0.238 e. The fourth-order valence-electron chi connectivity index (χ4n) is 14.5. The minimum atomic E-state index is 0.515. The van der Waals surface area contributed by atoms with E-state index in [2.05, 4.69) is 282 Å². The lowest BCUT2D eigenvalue weighted by atomic mass is 9.99. The Morgan fingerprint density at radius 1 is 0.208 bits per heavy atom. The van der Waals surface area contributed by atoms with E-state index in [1.54, 1.807) is 0 Å². The number of para-hydroxylation sites is 3. The van der Waals surface area contributed by atoms with Gasteiger partial charge in [0.25, 0.3) is 0 Å². The molecule has 20 rings (SSSR count). The zero-order chi connectivity index (χ0) is 63.0. The first-order valence-corrected chi connectivity index (χ1v) is 32.1. The van der Waals surface area contributed by atoms with Crippen molar-refractivity contribution in [3.63, 3.8) is 0 Å². The van der Waals surface area contributed by atoms with Crippen LogP contribution >= 0.6 is 0 Å². The zero-order valence-electron chi connectivity index (χ0n) is 51.3. The van der Waals surface area contributed by atoms with Gasteiger partial charge in [-0.1, -0.05) is 224 Å². The first kappa shape index (κ1) is 53.5. The van der Waals surface area contributed by atoms with Crippen molar-refractivity contribution in [2.45, 2.75) is 0 Å². The predicted molar refractivity (Wildman–Crippen MR) is 390 cm³/mol. The van der Waals surface area contributed by atoms with Gasteiger partial charge in [0.05, 0.1) is 22.1 Å². The molecule has 0 fully saturated rings. The van der Waals surface area contributed by atoms with Crippen LogP contribution in [0, 0.1) is 0 Å². The Kier molecular flexibility index (Phi) is 11.8. The summed E-state index contributed by atoms with van der Waals surface area (Å²) in [6, 6.07) is 106. The fraction of sp³-hybridized carbons (Fsp3) is 0. The molecule has 0 aliphatic rings. The van der Waals surface area contributed by atoms with Crippen molar-refractivity contribution in [2.75, 3.05) is 0 Å². The molecule has 96 heavy (non-hydrogen) atoms. The molecule has 10 nitrogen and oxygen atoms in total. The van der Waals surface area contributed by atoms with Gasteiger partial charge < -0.3 is 8.83 Å². The van der Waals surface area contributed by atoms with Gasteiger partial charge in [-0.15, -0.1) is 0 Å². The van der Waals surface area contributed by atoms with E-state index in [9.17, 15) is 0 Å². The minimum Gasteiger partial charge on any atom is -0.456 e. The highest BCUT2D eigenvalue weighted by molar-refractivity contribution is 6.16. The van der Waals surface area contributed by atoms with Crippen LogP contribution in [0.3, 0.4) is 0 Å². The summed E-state index contributed by atoms with van der Waals surface area (Å²) < 4.78 is 18.1. The lowest BCUT2D eigenvalue weighted by Crippen LogP contribution is -2.07. The average molecular weight is 1230 g/mol. The summed E-state index contributed by atoms with van der Waals surface area (Å²) in [5.74, 6) is 3.21. The van der Waals surface area contributed by atoms with Gasteiger partial charge >= 0.3 is 0 Å². The number of aromatic nitrogens is 8. The Morgan fingerprint density at radius 3 is 1.18 bits per heavy atom. The molecule has 10 heteroatoms. The van der Waals surface area contributed by atoms with Crippen LogP contribution in [-0.4, -0.2) is 39.0 Å². The van der Waals surface area contributed by atoms with Crippen molar-refractivity contribution in [2.24, 2.45) is 0 Å². The van der Waals surface area contributed by atoms with Gasteiger partial charge in [-0.25, -0.2) is 9.97 Å². The highest BCUT2D eigenvalue weighted by Crippen LogP contribution is 2.43. The standard InChI is InChI=1S/C86H50N8O2/c1-3-20-51(21-4-1)60-28-11-13-32-67(60)83-87-81(89-85(91-83)93-73-36-17-15-30-63(73)69-44-53-24-7-9-26-55(53)48-75(69)93)58-40-43-78-72(47-58)71-46-57(39-42-77(71)95-78)62-34-19-35-66-65-41-38-59(50-79(65)96-80(62)66)82-88-84(68-33-14-12-29-61(68)52-22-5-2-6-23-52)92-86(90-82)94-74-37-18-16-31-64(74)70-45-54-25-8-10-27-56(54)49-76(70)94/h1-50H. The number of fused-ring (bicyclic) bond motifs is 14. The van der Waals surface area contributed by atoms with Gasteiger partial charge in [0, 0.05) is 70.9 Å². The second-order valence-corrected chi connectivity index (χ2v) is 24.5. The molecule has 0 spiro atoms. The van der Waals surface area contributed by atoms with E-state index in [0.717, 1.165) is 148 Å². The lowest BCUT2D eigenvalue weighted by molar-refractivity contribution is 0.668. The number of hydrogen-bond donors (Lipinski definition) is 0. The van der Waals surface area contributed by atoms with E-state index in [4.69, 9.17) is 38.7 Å². The summed E-state index contributed by atoms with van der Waals surface area (Å²) in [4.78, 5) is 32.4. The molecule has 0 N–H and O–H groups in total. The van der Waals surface area contributed by atoms with Crippen LogP contribution in [0.25, 0.3) is 200 Å². The third-order valence-electron chi connectivity index (χ3n) is 19.0. The van der Waals surface area contributed by atoms with Gasteiger partial charge in [-0.3, -0.25) is 9.13 Å². The number of furan rings is 2. The van der Waals surface area contributed by atoms with E-state index in [0.29, 0.717) is 40.8 Å². The van der Waals surface area contributed by atoms with Crippen LogP contribution in [0.2, 0.25) is 0 Å². The molecule has 0 radical (unpaired) electrons. The molecule has 6 heterocycles. The molecule has 0 unspecified atom stereocenters. The summed E-state index contributed by atoms with van der Waals surface area (Å²) in [5.41, 5.74) is 16.5. The molecule has 0 bridgehead atoms. The quantitative estimate of drug-likeness (QED) is 0.140. The Bertz CT molecular complexity index is 6600. The first-order valence-electron chi connectivity index (χ1n) is 32.1. The molecule has 0 atom stereocenters. The maximum absolute atomic E-state index is 7.09. The Hall–Kier alpha value is -13.2. The van der Waals surface area contributed by atoms with Crippen molar-refractivity contribution < 1.29 is 8.83 Å². The summed E-state index contributed by atoms with van der Waals surface area (Å²) in [6.07, 6.45) is 0. The molecule has 0 saturated carbocycles. The Labute approximate surface area is 548 Å². The van der Waals surface area contributed by atoms with E-state index in [-0.39, 0.29) is 0 Å². The Balaban J connectivity index is 0.728. The molecular weight excluding hydrogens is 1180 g/mol. The first-order chi connectivity index (χ1) is 47.5. The maximum Gasteiger partial charge on any atom is 0.238 e. The van der Waals surface area contributed by atoms with Crippen molar-refractivity contribution in [3.05, 3.63) is 303 Å². The third kappa shape index (κ3) is 8.52. The van der Waals surface area contributed by atoms with Crippen molar-refractivity contribution in [1.29, 1.82) is 0 Å². The summed E-state index contributed by atoms with van der Waals surface area (Å²) in [7, 11) is 0. The van der Waals surface area contributed by atoms with Gasteiger partial charge in [-0.05, 0) is 128 Å². The summed E-state index contributed by atoms with van der Waals surface area (Å²) in [6.45, 7) is 0. The van der Waals surface area contributed by atoms with Crippen LogP contribution in [0.15, 0.2) is 312 Å². The van der Waals surface area contributed by atoms with Crippen molar-refractivity contribution in [1.82, 2.24) is 39.0 Å². The van der Waals surface area contributed by atoms with E-state index < -0.39 is 0 Å². The highest BCUT2D eigenvalue weighted by Gasteiger charge is 2.25. The minimum absolute atomic E-state index is 0.515. The molecule has 446 valence electrons. The largest absolute Gasteiger partial charge is 0.456 e. The number of hydrogen-bond acceptors (Lipinski definition) is 8. The number of rotatable bonds is 9. The highest BCUT2D eigenvalue weighted by atomic mass is 16.3. The van der Waals surface area contributed by atoms with Crippen LogP contribution in [0.1, 0.15) is 0 Å². The van der Waals surface area contributed by atoms with E-state index in [1.165, 1.54) is 10.8 Å². The van der Waals surface area contributed by atoms with E-state index in [1.807, 2.05) is 30.3 Å². The SMILES string of the molecule is c1ccc(-c2ccccc2-c2nc(-c3ccc4c(c3)oc3c(-c5ccc6oc7ccc(-c8nc(-c9ccccc9-c9ccccc9)nc(-n9c%10ccccc%10c%10cc%11ccccc%11cc%109)n8)cc7c6c5)cccc34)nc(-n3c4ccccc4c4cc5ccccc5cc43)n2)cc1. The average Bonchev–Trinajstić information content (AvgIpc) is 1.59. The van der Waals surface area contributed by atoms with Crippen LogP contribution < -0.4 is 0 Å². The Morgan fingerprint density at radius 2 is 0.625 bits per heavy atom. The molecule has 14 aromatic carbocycles. The maximum atomic E-state index is 7.09. The normalized spacial score (nSPS) is 12.0.